The highest BCUT2D eigenvalue weighted by Gasteiger charge is 2.04. The van der Waals surface area contributed by atoms with Gasteiger partial charge in [-0.1, -0.05) is 13.3 Å². The predicted octanol–water partition coefficient (Wildman–Crippen LogP) is 3.09. The Balaban J connectivity index is 2.39. The highest BCUT2D eigenvalue weighted by molar-refractivity contribution is 7.12. The molecule has 0 saturated carbocycles. The van der Waals surface area contributed by atoms with Crippen molar-refractivity contribution in [1.29, 1.82) is 0 Å². The van der Waals surface area contributed by atoms with Gasteiger partial charge in [-0.3, -0.25) is 0 Å². The zero-order valence-electron chi connectivity index (χ0n) is 9.93. The highest BCUT2D eigenvalue weighted by Crippen LogP contribution is 2.22. The van der Waals surface area contributed by atoms with Crippen LogP contribution in [0, 0.1) is 6.92 Å². The molecule has 0 aliphatic rings. The standard InChI is InChI=1S/C12H21NOS/c1-4-5-6-14-9-11-7-12(8-13-3)15-10(11)2/h7,13H,4-6,8-9H2,1-3H3. The van der Waals surface area contributed by atoms with E-state index in [4.69, 9.17) is 4.74 Å². The van der Waals surface area contributed by atoms with E-state index in [1.807, 2.05) is 18.4 Å². The van der Waals surface area contributed by atoms with E-state index < -0.39 is 0 Å². The maximum absolute atomic E-state index is 5.62. The Kier molecular flexibility index (Phi) is 5.91. The van der Waals surface area contributed by atoms with E-state index in [2.05, 4.69) is 25.2 Å². The van der Waals surface area contributed by atoms with Crippen molar-refractivity contribution < 1.29 is 4.74 Å². The molecule has 0 atom stereocenters. The third-order valence-corrected chi connectivity index (χ3v) is 3.42. The van der Waals surface area contributed by atoms with Crippen LogP contribution in [0.4, 0.5) is 0 Å². The summed E-state index contributed by atoms with van der Waals surface area (Å²) in [4.78, 5) is 2.78. The lowest BCUT2D eigenvalue weighted by Gasteiger charge is -2.01. The molecule has 0 aromatic carbocycles. The normalized spacial score (nSPS) is 10.9. The van der Waals surface area contributed by atoms with Gasteiger partial charge >= 0.3 is 0 Å². The van der Waals surface area contributed by atoms with E-state index in [1.165, 1.54) is 21.7 Å². The first-order chi connectivity index (χ1) is 7.27. The number of unbranched alkanes of at least 4 members (excludes halogenated alkanes) is 1. The summed E-state index contributed by atoms with van der Waals surface area (Å²) in [5.74, 6) is 0. The predicted molar refractivity (Wildman–Crippen MR) is 66.4 cm³/mol. The topological polar surface area (TPSA) is 21.3 Å². The molecule has 0 aliphatic heterocycles. The molecule has 86 valence electrons. The highest BCUT2D eigenvalue weighted by atomic mass is 32.1. The molecule has 3 heteroatoms. The first-order valence-electron chi connectivity index (χ1n) is 5.58. The zero-order chi connectivity index (χ0) is 11.1. The van der Waals surface area contributed by atoms with Gasteiger partial charge in [0.25, 0.3) is 0 Å². The third kappa shape index (κ3) is 4.33. The molecule has 0 spiro atoms. The van der Waals surface area contributed by atoms with Crippen LogP contribution >= 0.6 is 11.3 Å². The van der Waals surface area contributed by atoms with Crippen LogP contribution in [0.25, 0.3) is 0 Å². The molecular formula is C12H21NOS. The molecule has 0 fully saturated rings. The molecule has 15 heavy (non-hydrogen) atoms. The maximum Gasteiger partial charge on any atom is 0.0727 e. The van der Waals surface area contributed by atoms with Gasteiger partial charge in [0.2, 0.25) is 0 Å². The Labute approximate surface area is 96.7 Å². The van der Waals surface area contributed by atoms with Crippen LogP contribution in [-0.2, 0) is 17.9 Å². The average molecular weight is 227 g/mol. The molecule has 1 rings (SSSR count). The minimum Gasteiger partial charge on any atom is -0.377 e. The van der Waals surface area contributed by atoms with Crippen molar-refractivity contribution in [2.45, 2.75) is 39.8 Å². The number of nitrogens with one attached hydrogen (secondary N) is 1. The molecule has 0 aliphatic carbocycles. The summed E-state index contributed by atoms with van der Waals surface area (Å²) >= 11 is 1.86. The molecule has 1 aromatic rings. The Morgan fingerprint density at radius 1 is 1.47 bits per heavy atom. The quantitative estimate of drug-likeness (QED) is 0.723. The maximum atomic E-state index is 5.62. The van der Waals surface area contributed by atoms with Crippen LogP contribution in [0.5, 0.6) is 0 Å². The van der Waals surface area contributed by atoms with E-state index in [0.29, 0.717) is 0 Å². The molecule has 0 saturated heterocycles. The molecule has 0 radical (unpaired) electrons. The molecular weight excluding hydrogens is 206 g/mol. The lowest BCUT2D eigenvalue weighted by atomic mass is 10.2. The summed E-state index contributed by atoms with van der Waals surface area (Å²) in [6.45, 7) is 6.96. The number of ether oxygens (including phenoxy) is 1. The van der Waals surface area contributed by atoms with Gasteiger partial charge in [-0.05, 0) is 32.0 Å². The summed E-state index contributed by atoms with van der Waals surface area (Å²) < 4.78 is 5.62. The fourth-order valence-corrected chi connectivity index (χ4v) is 2.48. The van der Waals surface area contributed by atoms with Crippen LogP contribution in [-0.4, -0.2) is 13.7 Å². The van der Waals surface area contributed by atoms with Crippen molar-refractivity contribution in [3.8, 4) is 0 Å². The van der Waals surface area contributed by atoms with E-state index >= 15 is 0 Å². The summed E-state index contributed by atoms with van der Waals surface area (Å²) in [6.07, 6.45) is 2.36. The lowest BCUT2D eigenvalue weighted by Crippen LogP contribution is -2.02. The van der Waals surface area contributed by atoms with Gasteiger partial charge < -0.3 is 10.1 Å². The Morgan fingerprint density at radius 2 is 2.27 bits per heavy atom. The van der Waals surface area contributed by atoms with E-state index in [9.17, 15) is 0 Å². The Bertz CT molecular complexity index is 283. The molecule has 2 nitrogen and oxygen atoms in total. The minimum absolute atomic E-state index is 0.770. The van der Waals surface area contributed by atoms with Gasteiger partial charge in [0.15, 0.2) is 0 Å². The van der Waals surface area contributed by atoms with Gasteiger partial charge in [0, 0.05) is 22.9 Å². The van der Waals surface area contributed by atoms with Crippen LogP contribution in [0.1, 0.15) is 35.1 Å². The second-order valence-corrected chi connectivity index (χ2v) is 5.07. The molecule has 0 unspecified atom stereocenters. The Morgan fingerprint density at radius 3 is 2.93 bits per heavy atom. The van der Waals surface area contributed by atoms with Crippen LogP contribution in [0.3, 0.4) is 0 Å². The second kappa shape index (κ2) is 6.99. The van der Waals surface area contributed by atoms with Crippen LogP contribution in [0.2, 0.25) is 0 Å². The van der Waals surface area contributed by atoms with Crippen molar-refractivity contribution in [3.63, 3.8) is 0 Å². The summed E-state index contributed by atoms with van der Waals surface area (Å²) in [5.41, 5.74) is 1.35. The minimum atomic E-state index is 0.770. The molecule has 0 amide bonds. The SMILES string of the molecule is CCCCOCc1cc(CNC)sc1C. The molecule has 1 aromatic heterocycles. The summed E-state index contributed by atoms with van der Waals surface area (Å²) in [7, 11) is 1.98. The van der Waals surface area contributed by atoms with Gasteiger partial charge in [0.1, 0.15) is 0 Å². The largest absolute Gasteiger partial charge is 0.377 e. The Hall–Kier alpha value is -0.380. The summed E-state index contributed by atoms with van der Waals surface area (Å²) in [5, 5.41) is 3.17. The fraction of sp³-hybridized carbons (Fsp3) is 0.667. The monoisotopic (exact) mass is 227 g/mol. The smallest absolute Gasteiger partial charge is 0.0727 e. The van der Waals surface area contributed by atoms with Crippen LogP contribution < -0.4 is 5.32 Å². The first kappa shape index (κ1) is 12.7. The number of thiophene rings is 1. The second-order valence-electron chi connectivity index (χ2n) is 3.73. The van der Waals surface area contributed by atoms with Crippen LogP contribution in [0.15, 0.2) is 6.07 Å². The molecule has 0 bridgehead atoms. The number of rotatable bonds is 7. The van der Waals surface area contributed by atoms with Gasteiger partial charge in [-0.15, -0.1) is 11.3 Å². The van der Waals surface area contributed by atoms with E-state index in [1.54, 1.807) is 0 Å². The average Bonchev–Trinajstić information content (AvgIpc) is 2.55. The lowest BCUT2D eigenvalue weighted by molar-refractivity contribution is 0.118. The zero-order valence-corrected chi connectivity index (χ0v) is 10.7. The van der Waals surface area contributed by atoms with Gasteiger partial charge in [0.05, 0.1) is 6.61 Å². The van der Waals surface area contributed by atoms with Crippen molar-refractivity contribution in [2.24, 2.45) is 0 Å². The number of aryl methyl sites for hydroxylation is 1. The van der Waals surface area contributed by atoms with Crippen molar-refractivity contribution >= 4 is 11.3 Å². The summed E-state index contributed by atoms with van der Waals surface area (Å²) in [6, 6.07) is 2.25. The molecule has 1 N–H and O–H groups in total. The van der Waals surface area contributed by atoms with Gasteiger partial charge in [-0.25, -0.2) is 0 Å². The first-order valence-corrected chi connectivity index (χ1v) is 6.40. The van der Waals surface area contributed by atoms with Crippen molar-refractivity contribution in [1.82, 2.24) is 5.32 Å². The fourth-order valence-electron chi connectivity index (χ4n) is 1.42. The van der Waals surface area contributed by atoms with Crippen molar-refractivity contribution in [2.75, 3.05) is 13.7 Å². The number of hydrogen-bond donors (Lipinski definition) is 1. The number of hydrogen-bond acceptors (Lipinski definition) is 3. The third-order valence-electron chi connectivity index (χ3n) is 2.32. The van der Waals surface area contributed by atoms with Gasteiger partial charge in [-0.2, -0.15) is 0 Å². The van der Waals surface area contributed by atoms with Crippen molar-refractivity contribution in [3.05, 3.63) is 21.4 Å². The molecule has 1 heterocycles. The van der Waals surface area contributed by atoms with E-state index in [0.717, 1.165) is 26.2 Å². The van der Waals surface area contributed by atoms with E-state index in [-0.39, 0.29) is 0 Å².